The number of benzene rings is 2. The van der Waals surface area contributed by atoms with Crippen molar-refractivity contribution >= 4 is 22.4 Å². The lowest BCUT2D eigenvalue weighted by Crippen LogP contribution is -2.35. The van der Waals surface area contributed by atoms with E-state index in [4.69, 9.17) is 4.98 Å². The van der Waals surface area contributed by atoms with Gasteiger partial charge in [-0.1, -0.05) is 42.5 Å². The number of hydrogen-bond acceptors (Lipinski definition) is 3. The Morgan fingerprint density at radius 1 is 0.938 bits per heavy atom. The van der Waals surface area contributed by atoms with E-state index in [-0.39, 0.29) is 5.91 Å². The molecule has 3 heterocycles. The van der Waals surface area contributed by atoms with Gasteiger partial charge in [0.25, 0.3) is 5.91 Å². The Labute approximate surface area is 190 Å². The van der Waals surface area contributed by atoms with E-state index < -0.39 is 0 Å². The maximum absolute atomic E-state index is 12.2. The molecule has 0 unspecified atom stereocenters. The van der Waals surface area contributed by atoms with Gasteiger partial charge in [-0.3, -0.25) is 9.78 Å². The Morgan fingerprint density at radius 3 is 2.66 bits per heavy atom. The second-order valence-corrected chi connectivity index (χ2v) is 9.24. The van der Waals surface area contributed by atoms with Gasteiger partial charge in [0, 0.05) is 35.0 Å². The van der Waals surface area contributed by atoms with Crippen molar-refractivity contribution in [1.82, 2.24) is 9.88 Å². The summed E-state index contributed by atoms with van der Waals surface area (Å²) in [6.45, 7) is 3.52. The van der Waals surface area contributed by atoms with Crippen LogP contribution in [0, 0.1) is 5.92 Å². The van der Waals surface area contributed by atoms with Gasteiger partial charge in [-0.05, 0) is 87.2 Å². The van der Waals surface area contributed by atoms with Crippen LogP contribution in [0.2, 0.25) is 0 Å². The molecule has 4 heteroatoms. The van der Waals surface area contributed by atoms with Crippen LogP contribution in [0.1, 0.15) is 53.7 Å². The third-order valence-electron chi connectivity index (χ3n) is 7.04. The lowest BCUT2D eigenvalue weighted by molar-refractivity contribution is 0.1000. The Kier molecular flexibility index (Phi) is 6.40. The molecule has 1 aromatic heterocycles. The summed E-state index contributed by atoms with van der Waals surface area (Å²) in [6, 6.07) is 18.6. The van der Waals surface area contributed by atoms with E-state index in [0.29, 0.717) is 0 Å². The van der Waals surface area contributed by atoms with Gasteiger partial charge in [0.1, 0.15) is 0 Å². The Bertz CT molecular complexity index is 1120. The average Bonchev–Trinajstić information content (AvgIpc) is 2.83. The van der Waals surface area contributed by atoms with E-state index in [0.717, 1.165) is 55.0 Å². The summed E-state index contributed by atoms with van der Waals surface area (Å²) in [5.74, 6) is 0.664. The van der Waals surface area contributed by atoms with Crippen molar-refractivity contribution in [2.45, 2.75) is 44.9 Å². The summed E-state index contributed by atoms with van der Waals surface area (Å²) in [6.07, 6.45) is 9.59. The molecule has 3 aromatic rings. The zero-order valence-corrected chi connectivity index (χ0v) is 18.7. The molecule has 2 aliphatic rings. The number of hydrogen-bond donors (Lipinski definition) is 0. The second kappa shape index (κ2) is 9.74. The molecular formula is C28H31N3O. The summed E-state index contributed by atoms with van der Waals surface area (Å²) < 4.78 is 0. The third kappa shape index (κ3) is 4.81. The standard InChI is InChI=1S/C28H31N3O/c32-28-26-11-4-2-8-23(26)20-24(30-28)9-5-6-16-31-17-13-21(14-18-31)19-27-25-10-3-1-7-22(25)12-15-29-27/h1-4,7-8,10-12,15,21H,5-6,9,13-14,16-20H2. The fraction of sp³-hybridized carbons (Fsp3) is 0.393. The van der Waals surface area contributed by atoms with Crippen molar-refractivity contribution in [2.24, 2.45) is 10.9 Å². The molecule has 2 aliphatic heterocycles. The fourth-order valence-electron chi connectivity index (χ4n) is 5.19. The number of fused-ring (bicyclic) bond motifs is 2. The average molecular weight is 426 g/mol. The van der Waals surface area contributed by atoms with E-state index in [9.17, 15) is 4.79 Å². The van der Waals surface area contributed by atoms with Gasteiger partial charge >= 0.3 is 0 Å². The first-order valence-electron chi connectivity index (χ1n) is 12.0. The molecule has 32 heavy (non-hydrogen) atoms. The Balaban J connectivity index is 1.05. The van der Waals surface area contributed by atoms with Crippen molar-refractivity contribution in [3.05, 3.63) is 77.6 Å². The molecule has 5 rings (SSSR count). The van der Waals surface area contributed by atoms with Crippen LogP contribution in [0.15, 0.2) is 65.8 Å². The third-order valence-corrected chi connectivity index (χ3v) is 7.04. The van der Waals surface area contributed by atoms with Gasteiger partial charge in [0.15, 0.2) is 0 Å². The molecule has 2 aromatic carbocycles. The number of carbonyl (C=O) groups is 1. The number of amides is 1. The fourth-order valence-corrected chi connectivity index (χ4v) is 5.19. The topological polar surface area (TPSA) is 45.6 Å². The van der Waals surface area contributed by atoms with Crippen LogP contribution in [-0.2, 0) is 12.8 Å². The molecule has 0 spiro atoms. The first kappa shape index (κ1) is 21.0. The number of carbonyl (C=O) groups excluding carboxylic acids is 1. The van der Waals surface area contributed by atoms with Crippen LogP contribution in [0.5, 0.6) is 0 Å². The van der Waals surface area contributed by atoms with Crippen LogP contribution in [0.3, 0.4) is 0 Å². The molecule has 0 saturated carbocycles. The number of aliphatic imine (C=N–C) groups is 1. The minimum Gasteiger partial charge on any atom is -0.303 e. The second-order valence-electron chi connectivity index (χ2n) is 9.24. The quantitative estimate of drug-likeness (QED) is 0.470. The number of nitrogens with zero attached hydrogens (tertiary/aromatic N) is 3. The van der Waals surface area contributed by atoms with E-state index in [1.807, 2.05) is 24.4 Å². The minimum atomic E-state index is -0.0652. The molecule has 1 fully saturated rings. The SMILES string of the molecule is O=C1N=C(CCCCN2CCC(Cc3nccc4ccccc34)CC2)Cc2ccccc21. The van der Waals surface area contributed by atoms with E-state index in [2.05, 4.69) is 46.3 Å². The molecule has 1 saturated heterocycles. The van der Waals surface area contributed by atoms with Crippen LogP contribution in [0.25, 0.3) is 10.8 Å². The Morgan fingerprint density at radius 2 is 1.75 bits per heavy atom. The number of aromatic nitrogens is 1. The lowest BCUT2D eigenvalue weighted by atomic mass is 9.90. The van der Waals surface area contributed by atoms with Crippen LogP contribution >= 0.6 is 0 Å². The summed E-state index contributed by atoms with van der Waals surface area (Å²) in [5, 5.41) is 2.60. The molecule has 4 nitrogen and oxygen atoms in total. The summed E-state index contributed by atoms with van der Waals surface area (Å²) in [5.41, 5.74) is 4.21. The van der Waals surface area contributed by atoms with Crippen molar-refractivity contribution < 1.29 is 4.79 Å². The van der Waals surface area contributed by atoms with Gasteiger partial charge in [0.2, 0.25) is 0 Å². The van der Waals surface area contributed by atoms with Gasteiger partial charge in [-0.2, -0.15) is 0 Å². The smallest absolute Gasteiger partial charge is 0.277 e. The van der Waals surface area contributed by atoms with E-state index in [1.54, 1.807) is 0 Å². The summed E-state index contributed by atoms with van der Waals surface area (Å²) in [4.78, 5) is 23.9. The molecule has 0 aliphatic carbocycles. The van der Waals surface area contributed by atoms with Crippen molar-refractivity contribution in [1.29, 1.82) is 0 Å². The first-order valence-corrected chi connectivity index (χ1v) is 12.0. The highest BCUT2D eigenvalue weighted by Crippen LogP contribution is 2.25. The van der Waals surface area contributed by atoms with Gasteiger partial charge in [0.05, 0.1) is 0 Å². The lowest BCUT2D eigenvalue weighted by Gasteiger charge is -2.32. The minimum absolute atomic E-state index is 0.0652. The highest BCUT2D eigenvalue weighted by Gasteiger charge is 2.21. The zero-order valence-electron chi connectivity index (χ0n) is 18.7. The number of unbranched alkanes of at least 4 members (excludes halogenated alkanes) is 1. The number of pyridine rings is 1. The summed E-state index contributed by atoms with van der Waals surface area (Å²) >= 11 is 0. The highest BCUT2D eigenvalue weighted by atomic mass is 16.1. The molecule has 0 N–H and O–H groups in total. The van der Waals surface area contributed by atoms with Crippen molar-refractivity contribution in [3.63, 3.8) is 0 Å². The predicted molar refractivity (Wildman–Crippen MR) is 130 cm³/mol. The normalized spacial score (nSPS) is 17.4. The molecule has 0 bridgehead atoms. The maximum Gasteiger partial charge on any atom is 0.277 e. The molecule has 164 valence electrons. The monoisotopic (exact) mass is 425 g/mol. The molecular weight excluding hydrogens is 394 g/mol. The number of likely N-dealkylation sites (tertiary alicyclic amines) is 1. The predicted octanol–water partition coefficient (Wildman–Crippen LogP) is 5.50. The molecule has 0 atom stereocenters. The van der Waals surface area contributed by atoms with Crippen LogP contribution in [0.4, 0.5) is 0 Å². The first-order chi connectivity index (χ1) is 15.8. The summed E-state index contributed by atoms with van der Waals surface area (Å²) in [7, 11) is 0. The van der Waals surface area contributed by atoms with Crippen LogP contribution in [-0.4, -0.2) is 41.1 Å². The largest absolute Gasteiger partial charge is 0.303 e. The van der Waals surface area contributed by atoms with E-state index in [1.165, 1.54) is 48.8 Å². The molecule has 1 amide bonds. The van der Waals surface area contributed by atoms with E-state index >= 15 is 0 Å². The highest BCUT2D eigenvalue weighted by molar-refractivity contribution is 6.09. The van der Waals surface area contributed by atoms with Gasteiger partial charge in [-0.25, -0.2) is 4.99 Å². The number of piperidine rings is 1. The van der Waals surface area contributed by atoms with Gasteiger partial charge in [-0.15, -0.1) is 0 Å². The van der Waals surface area contributed by atoms with Crippen LogP contribution < -0.4 is 0 Å². The Hall–Kier alpha value is -2.85. The molecule has 0 radical (unpaired) electrons. The van der Waals surface area contributed by atoms with Crippen molar-refractivity contribution in [3.8, 4) is 0 Å². The zero-order chi connectivity index (χ0) is 21.8. The van der Waals surface area contributed by atoms with Crippen molar-refractivity contribution in [2.75, 3.05) is 19.6 Å². The van der Waals surface area contributed by atoms with Gasteiger partial charge < -0.3 is 4.90 Å². The number of rotatable bonds is 7. The maximum atomic E-state index is 12.2.